The van der Waals surface area contributed by atoms with Gasteiger partial charge in [0.2, 0.25) is 5.95 Å². The van der Waals surface area contributed by atoms with E-state index in [0.29, 0.717) is 12.5 Å². The van der Waals surface area contributed by atoms with E-state index in [1.54, 1.807) is 11.9 Å². The van der Waals surface area contributed by atoms with Crippen molar-refractivity contribution in [2.45, 2.75) is 6.42 Å². The molecule has 0 N–H and O–H groups in total. The molecule has 0 saturated carbocycles. The highest BCUT2D eigenvalue weighted by Crippen LogP contribution is 2.04. The third kappa shape index (κ3) is 3.49. The second-order valence-electron chi connectivity index (χ2n) is 2.95. The maximum Gasteiger partial charge on any atom is 0.307 e. The fourth-order valence-electron chi connectivity index (χ4n) is 0.964. The van der Waals surface area contributed by atoms with E-state index in [1.165, 1.54) is 7.11 Å². The van der Waals surface area contributed by atoms with Crippen molar-refractivity contribution in [3.8, 4) is 0 Å². The molecule has 5 nitrogen and oxygen atoms in total. The molecule has 0 aliphatic carbocycles. The first kappa shape index (κ1) is 11.4. The average molecular weight is 213 g/mol. The molecule has 0 radical (unpaired) electrons. The number of rotatable bonds is 4. The third-order valence-electron chi connectivity index (χ3n) is 1.83. The van der Waals surface area contributed by atoms with Crippen LogP contribution in [-0.2, 0) is 9.53 Å². The molecule has 0 fully saturated rings. The molecule has 0 aliphatic rings. The normalized spacial score (nSPS) is 9.80. The quantitative estimate of drug-likeness (QED) is 0.686. The predicted molar refractivity (Wildman–Crippen MR) is 51.9 cm³/mol. The van der Waals surface area contributed by atoms with Gasteiger partial charge in [-0.15, -0.1) is 0 Å². The Morgan fingerprint density at radius 3 is 2.67 bits per heavy atom. The third-order valence-corrected chi connectivity index (χ3v) is 1.83. The van der Waals surface area contributed by atoms with Crippen molar-refractivity contribution in [2.75, 3.05) is 25.6 Å². The highest BCUT2D eigenvalue weighted by molar-refractivity contribution is 5.69. The summed E-state index contributed by atoms with van der Waals surface area (Å²) in [6, 6.07) is 0. The minimum absolute atomic E-state index is 0.244. The van der Waals surface area contributed by atoms with Crippen molar-refractivity contribution in [1.82, 2.24) is 9.97 Å². The molecule has 0 aliphatic heterocycles. The van der Waals surface area contributed by atoms with E-state index in [0.717, 1.165) is 12.4 Å². The second kappa shape index (κ2) is 5.23. The summed E-state index contributed by atoms with van der Waals surface area (Å²) in [5.41, 5.74) is 0. The summed E-state index contributed by atoms with van der Waals surface area (Å²) in [5.74, 6) is -0.413. The number of anilines is 1. The minimum atomic E-state index is -0.486. The molecule has 0 spiro atoms. The number of hydrogen-bond acceptors (Lipinski definition) is 5. The van der Waals surface area contributed by atoms with Gasteiger partial charge in [-0.05, 0) is 0 Å². The number of ether oxygens (including phenoxy) is 1. The molecule has 0 amide bonds. The van der Waals surface area contributed by atoms with Crippen LogP contribution in [0.5, 0.6) is 0 Å². The standard InChI is InChI=1S/C9H12FN3O2/c1-13(4-3-8(14)15-2)9-11-5-7(10)6-12-9/h5-6H,3-4H2,1-2H3. The number of hydrogen-bond donors (Lipinski definition) is 0. The highest BCUT2D eigenvalue weighted by Gasteiger charge is 2.07. The summed E-state index contributed by atoms with van der Waals surface area (Å²) >= 11 is 0. The van der Waals surface area contributed by atoms with Gasteiger partial charge in [0.15, 0.2) is 5.82 Å². The first-order valence-corrected chi connectivity index (χ1v) is 4.39. The number of halogens is 1. The maximum absolute atomic E-state index is 12.5. The Morgan fingerprint density at radius 2 is 2.13 bits per heavy atom. The van der Waals surface area contributed by atoms with Crippen molar-refractivity contribution in [1.29, 1.82) is 0 Å². The SMILES string of the molecule is COC(=O)CCN(C)c1ncc(F)cn1. The molecular formula is C9H12FN3O2. The van der Waals surface area contributed by atoms with Crippen LogP contribution in [-0.4, -0.2) is 36.6 Å². The predicted octanol–water partition coefficient (Wildman–Crippen LogP) is 0.615. The Labute approximate surface area is 86.9 Å². The van der Waals surface area contributed by atoms with Gasteiger partial charge in [0.25, 0.3) is 0 Å². The Hall–Kier alpha value is -1.72. The molecule has 15 heavy (non-hydrogen) atoms. The fourth-order valence-corrected chi connectivity index (χ4v) is 0.964. The molecule has 1 rings (SSSR count). The first-order valence-electron chi connectivity index (χ1n) is 4.39. The Morgan fingerprint density at radius 1 is 1.53 bits per heavy atom. The number of esters is 1. The zero-order chi connectivity index (χ0) is 11.3. The first-order chi connectivity index (χ1) is 7.13. The Kier molecular flexibility index (Phi) is 3.96. The van der Waals surface area contributed by atoms with Crippen LogP contribution in [0, 0.1) is 5.82 Å². The second-order valence-corrected chi connectivity index (χ2v) is 2.95. The van der Waals surface area contributed by atoms with Crippen molar-refractivity contribution >= 4 is 11.9 Å². The average Bonchev–Trinajstić information content (AvgIpc) is 2.26. The van der Waals surface area contributed by atoms with E-state index in [4.69, 9.17) is 0 Å². The van der Waals surface area contributed by atoms with Crippen LogP contribution in [0.4, 0.5) is 10.3 Å². The van der Waals surface area contributed by atoms with Crippen molar-refractivity contribution in [3.05, 3.63) is 18.2 Å². The van der Waals surface area contributed by atoms with E-state index in [-0.39, 0.29) is 12.4 Å². The summed E-state index contributed by atoms with van der Waals surface area (Å²) in [4.78, 5) is 20.0. The lowest BCUT2D eigenvalue weighted by Gasteiger charge is -2.15. The topological polar surface area (TPSA) is 55.3 Å². The van der Waals surface area contributed by atoms with Gasteiger partial charge in [0.05, 0.1) is 25.9 Å². The molecular weight excluding hydrogens is 201 g/mol. The number of nitrogens with zero attached hydrogens (tertiary/aromatic N) is 3. The lowest BCUT2D eigenvalue weighted by Crippen LogP contribution is -2.23. The fraction of sp³-hybridized carbons (Fsp3) is 0.444. The van der Waals surface area contributed by atoms with Gasteiger partial charge >= 0.3 is 5.97 Å². The van der Waals surface area contributed by atoms with Crippen LogP contribution in [0.25, 0.3) is 0 Å². The van der Waals surface area contributed by atoms with E-state index >= 15 is 0 Å². The van der Waals surface area contributed by atoms with E-state index in [2.05, 4.69) is 14.7 Å². The lowest BCUT2D eigenvalue weighted by atomic mass is 10.4. The van der Waals surface area contributed by atoms with Crippen molar-refractivity contribution in [2.24, 2.45) is 0 Å². The van der Waals surface area contributed by atoms with Gasteiger partial charge in [-0.2, -0.15) is 0 Å². The van der Waals surface area contributed by atoms with E-state index in [1.807, 2.05) is 0 Å². The summed E-state index contributed by atoms with van der Waals surface area (Å²) in [6.45, 7) is 0.429. The monoisotopic (exact) mass is 213 g/mol. The van der Waals surface area contributed by atoms with Crippen LogP contribution in [0.2, 0.25) is 0 Å². The van der Waals surface area contributed by atoms with Crippen molar-refractivity contribution < 1.29 is 13.9 Å². The molecule has 0 bridgehead atoms. The van der Waals surface area contributed by atoms with Gasteiger partial charge in [-0.1, -0.05) is 0 Å². The Balaban J connectivity index is 2.50. The number of aromatic nitrogens is 2. The van der Waals surface area contributed by atoms with Gasteiger partial charge in [0.1, 0.15) is 0 Å². The zero-order valence-corrected chi connectivity index (χ0v) is 8.61. The van der Waals surface area contributed by atoms with Gasteiger partial charge in [-0.25, -0.2) is 14.4 Å². The molecule has 1 heterocycles. The van der Waals surface area contributed by atoms with Crippen LogP contribution < -0.4 is 4.90 Å². The summed E-state index contributed by atoms with van der Waals surface area (Å²) in [6.07, 6.45) is 2.40. The van der Waals surface area contributed by atoms with Gasteiger partial charge in [0, 0.05) is 13.6 Å². The van der Waals surface area contributed by atoms with Gasteiger partial charge in [-0.3, -0.25) is 4.79 Å². The smallest absolute Gasteiger partial charge is 0.307 e. The molecule has 0 unspecified atom stereocenters. The van der Waals surface area contributed by atoms with Crippen LogP contribution in [0.1, 0.15) is 6.42 Å². The van der Waals surface area contributed by atoms with Crippen LogP contribution in [0.15, 0.2) is 12.4 Å². The number of methoxy groups -OCH3 is 1. The van der Waals surface area contributed by atoms with E-state index in [9.17, 15) is 9.18 Å². The highest BCUT2D eigenvalue weighted by atomic mass is 19.1. The molecule has 0 aromatic carbocycles. The summed E-state index contributed by atoms with van der Waals surface area (Å²) in [5, 5.41) is 0. The number of carbonyl (C=O) groups excluding carboxylic acids is 1. The summed E-state index contributed by atoms with van der Waals surface area (Å²) in [7, 11) is 3.05. The van der Waals surface area contributed by atoms with Crippen LogP contribution >= 0.6 is 0 Å². The van der Waals surface area contributed by atoms with Crippen LogP contribution in [0.3, 0.4) is 0 Å². The molecule has 0 saturated heterocycles. The molecule has 6 heteroatoms. The molecule has 82 valence electrons. The maximum atomic E-state index is 12.5. The lowest BCUT2D eigenvalue weighted by molar-refractivity contribution is -0.140. The summed E-state index contributed by atoms with van der Waals surface area (Å²) < 4.78 is 17.0. The van der Waals surface area contributed by atoms with Crippen molar-refractivity contribution in [3.63, 3.8) is 0 Å². The largest absolute Gasteiger partial charge is 0.469 e. The molecule has 0 atom stereocenters. The molecule has 1 aromatic rings. The number of carbonyl (C=O) groups is 1. The zero-order valence-electron chi connectivity index (χ0n) is 8.61. The van der Waals surface area contributed by atoms with E-state index < -0.39 is 5.82 Å². The van der Waals surface area contributed by atoms with Gasteiger partial charge < -0.3 is 9.64 Å². The minimum Gasteiger partial charge on any atom is -0.469 e. The molecule has 1 aromatic heterocycles. The Bertz CT molecular complexity index is 329.